The summed E-state index contributed by atoms with van der Waals surface area (Å²) < 4.78 is 47.9. The van der Waals surface area contributed by atoms with Crippen molar-refractivity contribution >= 4 is 19.8 Å². The third kappa shape index (κ3) is 6.64. The van der Waals surface area contributed by atoms with Crippen LogP contribution >= 0.6 is 8.17 Å². The van der Waals surface area contributed by atoms with E-state index < -0.39 is 44.1 Å². The zero-order valence-corrected chi connectivity index (χ0v) is 23.5. The van der Waals surface area contributed by atoms with E-state index >= 15 is 0 Å². The van der Waals surface area contributed by atoms with Crippen molar-refractivity contribution in [2.75, 3.05) is 5.32 Å². The van der Waals surface area contributed by atoms with E-state index in [1.54, 1.807) is 31.3 Å². The fourth-order valence-corrected chi connectivity index (χ4v) is 7.20. The normalized spacial score (nSPS) is 26.1. The SMILES string of the molecule is CC1=C(/C=C\CC(=O)Nc2cccnc2C)[C@]2(Cc3ccccc3)CC[C@](O[PH](O)(O)O)(C(F)(F)F)CC2CC1. The number of nitrogens with one attached hydrogen (secondary N) is 1. The Hall–Kier alpha value is -2.62. The van der Waals surface area contributed by atoms with Crippen LogP contribution in [0.4, 0.5) is 18.9 Å². The number of carbonyl (C=O) groups is 1. The molecule has 1 aromatic carbocycles. The van der Waals surface area contributed by atoms with Gasteiger partial charge in [0.05, 0.1) is 5.69 Å². The summed E-state index contributed by atoms with van der Waals surface area (Å²) in [6.45, 7) is 3.76. The van der Waals surface area contributed by atoms with Gasteiger partial charge in [0.15, 0.2) is 0 Å². The molecule has 2 aromatic rings. The molecule has 1 aromatic heterocycles. The summed E-state index contributed by atoms with van der Waals surface area (Å²) in [5.74, 6) is -0.756. The number of amides is 1. The van der Waals surface area contributed by atoms with Crippen LogP contribution in [0.2, 0.25) is 0 Å². The van der Waals surface area contributed by atoms with E-state index in [9.17, 15) is 32.6 Å². The first kappa shape index (κ1) is 30.3. The molecular formula is C29H36F3N2O5P. The Morgan fingerprint density at radius 1 is 1.15 bits per heavy atom. The van der Waals surface area contributed by atoms with Crippen molar-refractivity contribution < 1.29 is 37.2 Å². The molecule has 2 aliphatic carbocycles. The van der Waals surface area contributed by atoms with Crippen LogP contribution in [-0.4, -0.2) is 37.3 Å². The maximum absolute atomic E-state index is 14.4. The van der Waals surface area contributed by atoms with Crippen molar-refractivity contribution in [3.8, 4) is 0 Å². The average molecular weight is 581 g/mol. The summed E-state index contributed by atoms with van der Waals surface area (Å²) in [5, 5.41) is 2.84. The Morgan fingerprint density at radius 2 is 1.88 bits per heavy atom. The van der Waals surface area contributed by atoms with E-state index in [1.807, 2.05) is 43.3 Å². The average Bonchev–Trinajstić information content (AvgIpc) is 2.86. The Labute approximate surface area is 232 Å². The second-order valence-corrected chi connectivity index (χ2v) is 12.3. The summed E-state index contributed by atoms with van der Waals surface area (Å²) in [6, 6.07) is 13.0. The Balaban J connectivity index is 1.66. The van der Waals surface area contributed by atoms with E-state index in [2.05, 4.69) is 10.3 Å². The molecule has 0 radical (unpaired) electrons. The van der Waals surface area contributed by atoms with Crippen molar-refractivity contribution in [3.05, 3.63) is 83.2 Å². The summed E-state index contributed by atoms with van der Waals surface area (Å²) in [6.07, 6.45) is 0.886. The number of anilines is 1. The fourth-order valence-electron chi connectivity index (χ4n) is 6.38. The number of fused-ring (bicyclic) bond motifs is 1. The number of rotatable bonds is 8. The molecule has 7 nitrogen and oxygen atoms in total. The van der Waals surface area contributed by atoms with Crippen LogP contribution < -0.4 is 5.32 Å². The summed E-state index contributed by atoms with van der Waals surface area (Å²) in [5.41, 5.74) is 0.656. The first-order valence-corrected chi connectivity index (χ1v) is 15.1. The topological polar surface area (TPSA) is 112 Å². The summed E-state index contributed by atoms with van der Waals surface area (Å²) in [4.78, 5) is 45.5. The fraction of sp³-hybridized carbons (Fsp3) is 0.448. The van der Waals surface area contributed by atoms with Crippen LogP contribution in [0.1, 0.15) is 56.7 Å². The Bertz CT molecular complexity index is 1280. The first-order valence-electron chi connectivity index (χ1n) is 13.3. The molecule has 218 valence electrons. The molecule has 4 N–H and O–H groups in total. The number of carbonyl (C=O) groups excluding carboxylic acids is 1. The molecule has 1 fully saturated rings. The molecule has 2 aliphatic rings. The Morgan fingerprint density at radius 3 is 2.52 bits per heavy atom. The quantitative estimate of drug-likeness (QED) is 0.280. The number of nitrogens with zero attached hydrogens (tertiary/aromatic N) is 1. The second-order valence-electron chi connectivity index (χ2n) is 10.9. The number of benzene rings is 1. The zero-order valence-electron chi connectivity index (χ0n) is 22.5. The third-order valence-electron chi connectivity index (χ3n) is 8.28. The van der Waals surface area contributed by atoms with Crippen molar-refractivity contribution in [2.45, 2.75) is 70.6 Å². The molecule has 0 bridgehead atoms. The van der Waals surface area contributed by atoms with Crippen molar-refractivity contribution in [3.63, 3.8) is 0 Å². The van der Waals surface area contributed by atoms with Gasteiger partial charge in [0.2, 0.25) is 0 Å². The molecule has 1 heterocycles. The van der Waals surface area contributed by atoms with Gasteiger partial charge >= 0.3 is 196 Å². The molecule has 1 unspecified atom stereocenters. The number of allylic oxidation sites excluding steroid dienone is 3. The van der Waals surface area contributed by atoms with Gasteiger partial charge in [-0.15, -0.1) is 0 Å². The van der Waals surface area contributed by atoms with E-state index in [0.29, 0.717) is 30.6 Å². The summed E-state index contributed by atoms with van der Waals surface area (Å²) in [7, 11) is -5.48. The molecule has 40 heavy (non-hydrogen) atoms. The van der Waals surface area contributed by atoms with Crippen molar-refractivity contribution in [1.29, 1.82) is 0 Å². The third-order valence-corrected chi connectivity index (χ3v) is 8.94. The molecule has 11 heteroatoms. The molecule has 1 amide bonds. The molecule has 4 rings (SSSR count). The van der Waals surface area contributed by atoms with Crippen LogP contribution in [-0.2, 0) is 15.7 Å². The monoisotopic (exact) mass is 580 g/mol. The number of aromatic nitrogens is 1. The molecule has 3 atom stereocenters. The second kappa shape index (κ2) is 11.7. The van der Waals surface area contributed by atoms with Crippen LogP contribution in [0.15, 0.2) is 72.0 Å². The number of hydrogen-bond donors (Lipinski definition) is 4. The number of halogens is 3. The van der Waals surface area contributed by atoms with Crippen LogP contribution in [0.3, 0.4) is 0 Å². The predicted molar refractivity (Wildman–Crippen MR) is 148 cm³/mol. The number of hydrogen-bond acceptors (Lipinski definition) is 6. The van der Waals surface area contributed by atoms with Crippen LogP contribution in [0.25, 0.3) is 0 Å². The molecule has 0 aliphatic heterocycles. The van der Waals surface area contributed by atoms with Gasteiger partial charge in [0, 0.05) is 6.20 Å². The number of pyridine rings is 1. The van der Waals surface area contributed by atoms with E-state index in [4.69, 9.17) is 4.52 Å². The Kier molecular flexibility index (Phi) is 8.88. The van der Waals surface area contributed by atoms with Gasteiger partial charge in [-0.2, -0.15) is 0 Å². The van der Waals surface area contributed by atoms with Crippen molar-refractivity contribution in [1.82, 2.24) is 4.98 Å². The van der Waals surface area contributed by atoms with Crippen LogP contribution in [0.5, 0.6) is 0 Å². The number of alkyl halides is 3. The van der Waals surface area contributed by atoms with Crippen LogP contribution in [0, 0.1) is 18.3 Å². The van der Waals surface area contributed by atoms with E-state index in [-0.39, 0.29) is 18.7 Å². The number of aryl methyl sites for hydroxylation is 1. The van der Waals surface area contributed by atoms with Gasteiger partial charge in [-0.25, -0.2) is 0 Å². The molecular weight excluding hydrogens is 544 g/mol. The first-order chi connectivity index (χ1) is 18.7. The van der Waals surface area contributed by atoms with E-state index in [1.165, 1.54) is 0 Å². The zero-order chi connectivity index (χ0) is 29.2. The molecule has 0 saturated heterocycles. The van der Waals surface area contributed by atoms with Gasteiger partial charge in [-0.3, -0.25) is 4.98 Å². The van der Waals surface area contributed by atoms with Gasteiger partial charge in [-0.1, -0.05) is 0 Å². The van der Waals surface area contributed by atoms with Gasteiger partial charge in [0.25, 0.3) is 0 Å². The molecule has 1 saturated carbocycles. The minimum atomic E-state index is -5.48. The van der Waals surface area contributed by atoms with E-state index in [0.717, 1.165) is 16.7 Å². The predicted octanol–water partition coefficient (Wildman–Crippen LogP) is 6.12. The van der Waals surface area contributed by atoms with Gasteiger partial charge in [-0.05, 0) is 19.1 Å². The van der Waals surface area contributed by atoms with Gasteiger partial charge in [0.1, 0.15) is 0 Å². The van der Waals surface area contributed by atoms with Crippen molar-refractivity contribution in [2.24, 2.45) is 11.3 Å². The molecule has 0 spiro atoms. The maximum atomic E-state index is 14.4. The minimum absolute atomic E-state index is 0.0502. The standard InChI is InChI=1S/C29H36F3N2O5P/c1-20-13-14-23-19-28(29(30,31)32,39-40(36,37)38)16-15-27(23,18-22-8-4-3-5-9-22)24(20)10-6-12-26(35)34-25-11-7-17-33-21(25)2/h3-11,17,23,36-38,40H,12-16,18-19H2,1-2H3,(H,34,35)/b10-6-/t23?,27-,28+/m0/s1. The summed E-state index contributed by atoms with van der Waals surface area (Å²) >= 11 is 0. The van der Waals surface area contributed by atoms with Gasteiger partial charge < -0.3 is 0 Å².